The Kier molecular flexibility index (Phi) is 3.94. The fourth-order valence-corrected chi connectivity index (χ4v) is 1.29. The van der Waals surface area contributed by atoms with Gasteiger partial charge in [-0.15, -0.1) is 0 Å². The summed E-state index contributed by atoms with van der Waals surface area (Å²) in [6.07, 6.45) is 0.564. The van der Waals surface area contributed by atoms with Gasteiger partial charge in [0.2, 0.25) is 0 Å². The van der Waals surface area contributed by atoms with Crippen LogP contribution in [-0.4, -0.2) is 20.6 Å². The van der Waals surface area contributed by atoms with Crippen LogP contribution < -0.4 is 4.90 Å². The van der Waals surface area contributed by atoms with Crippen molar-refractivity contribution in [2.45, 2.75) is 6.42 Å². The van der Waals surface area contributed by atoms with Gasteiger partial charge in [0.1, 0.15) is 5.82 Å². The first kappa shape index (κ1) is 11.3. The Bertz CT molecular complexity index is 383. The molecular weight excluding hydrogens is 195 g/mol. The highest BCUT2D eigenvalue weighted by molar-refractivity contribution is 5.47. The van der Waals surface area contributed by atoms with Crippen molar-refractivity contribution in [2.75, 3.05) is 25.5 Å². The van der Waals surface area contributed by atoms with Gasteiger partial charge in [-0.2, -0.15) is 0 Å². The molecule has 0 aliphatic carbocycles. The van der Waals surface area contributed by atoms with E-state index >= 15 is 0 Å². The van der Waals surface area contributed by atoms with Crippen LogP contribution >= 0.6 is 0 Å². The van der Waals surface area contributed by atoms with Gasteiger partial charge < -0.3 is 4.90 Å². The minimum absolute atomic E-state index is 0.251. The lowest BCUT2D eigenvalue weighted by atomic mass is 10.1. The van der Waals surface area contributed by atoms with E-state index in [4.69, 9.17) is 5.53 Å². The molecule has 0 aliphatic heterocycles. The van der Waals surface area contributed by atoms with Gasteiger partial charge in [-0.1, -0.05) is 11.2 Å². The highest BCUT2D eigenvalue weighted by atomic mass is 19.1. The normalized spacial score (nSPS) is 9.53. The zero-order chi connectivity index (χ0) is 11.3. The average Bonchev–Trinajstić information content (AvgIpc) is 2.17. The van der Waals surface area contributed by atoms with Crippen LogP contribution in [0, 0.1) is 5.82 Å². The maximum atomic E-state index is 13.5. The molecule has 0 unspecified atom stereocenters. The van der Waals surface area contributed by atoms with Gasteiger partial charge in [-0.25, -0.2) is 4.39 Å². The molecule has 80 valence electrons. The molecule has 0 heterocycles. The van der Waals surface area contributed by atoms with Crippen LogP contribution in [-0.2, 0) is 6.42 Å². The van der Waals surface area contributed by atoms with E-state index in [0.29, 0.717) is 18.7 Å². The van der Waals surface area contributed by atoms with E-state index < -0.39 is 0 Å². The molecule has 1 rings (SSSR count). The molecule has 0 saturated heterocycles. The lowest BCUT2D eigenvalue weighted by Gasteiger charge is -2.13. The molecule has 0 spiro atoms. The van der Waals surface area contributed by atoms with Gasteiger partial charge in [-0.3, -0.25) is 0 Å². The highest BCUT2D eigenvalue weighted by Gasteiger charge is 2.04. The molecule has 4 nitrogen and oxygen atoms in total. The predicted octanol–water partition coefficient (Wildman–Crippen LogP) is 2.74. The van der Waals surface area contributed by atoms with Crippen LogP contribution in [0.3, 0.4) is 0 Å². The molecule has 0 bridgehead atoms. The molecule has 0 radical (unpaired) electrons. The number of azide groups is 1. The molecule has 0 N–H and O–H groups in total. The molecule has 0 amide bonds. The van der Waals surface area contributed by atoms with Crippen molar-refractivity contribution >= 4 is 5.69 Å². The number of hydrogen-bond donors (Lipinski definition) is 0. The molecule has 0 saturated carbocycles. The Morgan fingerprint density at radius 1 is 1.47 bits per heavy atom. The minimum Gasteiger partial charge on any atom is -0.375 e. The van der Waals surface area contributed by atoms with Crippen molar-refractivity contribution in [3.05, 3.63) is 40.0 Å². The topological polar surface area (TPSA) is 52.0 Å². The van der Waals surface area contributed by atoms with Crippen LogP contribution in [0.5, 0.6) is 0 Å². The lowest BCUT2D eigenvalue weighted by Crippen LogP contribution is -2.10. The molecule has 0 fully saturated rings. The van der Waals surface area contributed by atoms with Crippen LogP contribution in [0.1, 0.15) is 5.56 Å². The summed E-state index contributed by atoms with van der Waals surface area (Å²) in [5, 5.41) is 3.40. The Morgan fingerprint density at radius 3 is 2.73 bits per heavy atom. The Labute approximate surface area is 88.0 Å². The minimum atomic E-state index is -0.251. The summed E-state index contributed by atoms with van der Waals surface area (Å²) >= 11 is 0. The van der Waals surface area contributed by atoms with E-state index in [9.17, 15) is 4.39 Å². The van der Waals surface area contributed by atoms with Gasteiger partial charge >= 0.3 is 0 Å². The van der Waals surface area contributed by atoms with E-state index in [1.807, 2.05) is 6.07 Å². The first-order valence-electron chi connectivity index (χ1n) is 4.61. The van der Waals surface area contributed by atoms with Crippen molar-refractivity contribution in [1.82, 2.24) is 0 Å². The molecule has 0 aliphatic rings. The molecule has 0 atom stereocenters. The summed E-state index contributed by atoms with van der Waals surface area (Å²) in [6.45, 7) is 0.358. The summed E-state index contributed by atoms with van der Waals surface area (Å²) in [4.78, 5) is 4.36. The monoisotopic (exact) mass is 208 g/mol. The third-order valence-corrected chi connectivity index (χ3v) is 2.06. The van der Waals surface area contributed by atoms with Crippen molar-refractivity contribution in [1.29, 1.82) is 0 Å². The van der Waals surface area contributed by atoms with E-state index in [-0.39, 0.29) is 5.82 Å². The van der Waals surface area contributed by atoms with Gasteiger partial charge in [0, 0.05) is 25.6 Å². The summed E-state index contributed by atoms with van der Waals surface area (Å²) < 4.78 is 13.5. The van der Waals surface area contributed by atoms with Crippen molar-refractivity contribution in [3.8, 4) is 0 Å². The summed E-state index contributed by atoms with van der Waals surface area (Å²) in [7, 11) is 3.58. The number of nitrogens with zero attached hydrogens (tertiary/aromatic N) is 4. The maximum absolute atomic E-state index is 13.5. The summed E-state index contributed by atoms with van der Waals surface area (Å²) in [5.41, 5.74) is 9.49. The fraction of sp³-hybridized carbons (Fsp3) is 0.400. The predicted molar refractivity (Wildman–Crippen MR) is 58.4 cm³/mol. The number of halogens is 1. The Morgan fingerprint density at radius 2 is 2.20 bits per heavy atom. The van der Waals surface area contributed by atoms with Crippen molar-refractivity contribution in [3.63, 3.8) is 0 Å². The standard InChI is InChI=1S/C10H13FN4/c1-15(2)10-4-3-8(7-9(10)11)5-6-13-14-12/h3-4,7H,5-6H2,1-2H3. The van der Waals surface area contributed by atoms with Crippen LogP contribution in [0.4, 0.5) is 10.1 Å². The molecule has 0 aromatic heterocycles. The molecule has 15 heavy (non-hydrogen) atoms. The average molecular weight is 208 g/mol. The lowest BCUT2D eigenvalue weighted by molar-refractivity contribution is 0.623. The zero-order valence-electron chi connectivity index (χ0n) is 8.81. The largest absolute Gasteiger partial charge is 0.375 e. The van der Waals surface area contributed by atoms with E-state index in [2.05, 4.69) is 10.0 Å². The number of rotatable bonds is 4. The number of benzene rings is 1. The first-order valence-corrected chi connectivity index (χ1v) is 4.61. The molecule has 5 heteroatoms. The Balaban J connectivity index is 2.77. The van der Waals surface area contributed by atoms with E-state index in [1.165, 1.54) is 6.07 Å². The maximum Gasteiger partial charge on any atom is 0.146 e. The first-order chi connectivity index (χ1) is 7.15. The van der Waals surface area contributed by atoms with Gasteiger partial charge in [0.15, 0.2) is 0 Å². The second-order valence-electron chi connectivity index (χ2n) is 3.38. The van der Waals surface area contributed by atoms with Crippen LogP contribution in [0.15, 0.2) is 23.3 Å². The number of hydrogen-bond acceptors (Lipinski definition) is 2. The Hall–Kier alpha value is -1.74. The van der Waals surface area contributed by atoms with Gasteiger partial charge in [0.05, 0.1) is 5.69 Å². The third kappa shape index (κ3) is 3.14. The highest BCUT2D eigenvalue weighted by Crippen LogP contribution is 2.18. The summed E-state index contributed by atoms with van der Waals surface area (Å²) in [5.74, 6) is -0.251. The second-order valence-corrected chi connectivity index (χ2v) is 3.38. The molecule has 1 aromatic rings. The van der Waals surface area contributed by atoms with E-state index in [1.54, 1.807) is 25.1 Å². The smallest absolute Gasteiger partial charge is 0.146 e. The van der Waals surface area contributed by atoms with Crippen LogP contribution in [0.25, 0.3) is 10.4 Å². The summed E-state index contributed by atoms with van der Waals surface area (Å²) in [6, 6.07) is 5.04. The SMILES string of the molecule is CN(C)c1ccc(CCN=[N+]=[N-])cc1F. The van der Waals surface area contributed by atoms with E-state index in [0.717, 1.165) is 5.56 Å². The van der Waals surface area contributed by atoms with Crippen LogP contribution in [0.2, 0.25) is 0 Å². The van der Waals surface area contributed by atoms with Crippen molar-refractivity contribution < 1.29 is 4.39 Å². The second kappa shape index (κ2) is 5.22. The quantitative estimate of drug-likeness (QED) is 0.426. The molecule has 1 aromatic carbocycles. The molecular formula is C10H13FN4. The van der Waals surface area contributed by atoms with Gasteiger partial charge in [-0.05, 0) is 29.6 Å². The third-order valence-electron chi connectivity index (χ3n) is 2.06. The van der Waals surface area contributed by atoms with Gasteiger partial charge in [0.25, 0.3) is 0 Å². The number of anilines is 1. The fourth-order valence-electron chi connectivity index (χ4n) is 1.29. The zero-order valence-corrected chi connectivity index (χ0v) is 8.81. The van der Waals surface area contributed by atoms with Crippen molar-refractivity contribution in [2.24, 2.45) is 5.11 Å².